The summed E-state index contributed by atoms with van der Waals surface area (Å²) in [5.41, 5.74) is 7.72. The molecule has 3 N–H and O–H groups in total. The van der Waals surface area contributed by atoms with E-state index in [9.17, 15) is 4.79 Å². The third kappa shape index (κ3) is 3.25. The van der Waals surface area contributed by atoms with Crippen molar-refractivity contribution in [3.63, 3.8) is 0 Å². The molecule has 0 unspecified atom stereocenters. The molecule has 20 heavy (non-hydrogen) atoms. The van der Waals surface area contributed by atoms with E-state index in [4.69, 9.17) is 5.73 Å². The highest BCUT2D eigenvalue weighted by Crippen LogP contribution is 2.20. The minimum Gasteiger partial charge on any atom is -0.399 e. The van der Waals surface area contributed by atoms with Crippen molar-refractivity contribution in [1.29, 1.82) is 0 Å². The lowest BCUT2D eigenvalue weighted by atomic mass is 10.1. The minimum atomic E-state index is -0.0618. The maximum Gasteiger partial charge on any atom is 0.255 e. The molecule has 0 aliphatic heterocycles. The topological polar surface area (TPSA) is 89.1 Å². The van der Waals surface area contributed by atoms with Crippen LogP contribution in [0.2, 0.25) is 0 Å². The van der Waals surface area contributed by atoms with Gasteiger partial charge in [-0.25, -0.2) is 0 Å². The molecule has 1 heterocycles. The summed E-state index contributed by atoms with van der Waals surface area (Å²) >= 11 is 0. The van der Waals surface area contributed by atoms with Gasteiger partial charge in [-0.05, 0) is 18.2 Å². The van der Waals surface area contributed by atoms with Gasteiger partial charge in [0.15, 0.2) is 0 Å². The van der Waals surface area contributed by atoms with Crippen LogP contribution in [0.1, 0.15) is 10.4 Å². The summed E-state index contributed by atoms with van der Waals surface area (Å²) in [5.74, 6) is -0.0618. The largest absolute Gasteiger partial charge is 0.399 e. The SMILES string of the molecule is CN(C)C(=O)c1ccc(N)cc1NCCn1ccnn1. The maximum atomic E-state index is 12.1. The summed E-state index contributed by atoms with van der Waals surface area (Å²) in [7, 11) is 3.44. The number of anilines is 2. The van der Waals surface area contributed by atoms with Crippen molar-refractivity contribution < 1.29 is 4.79 Å². The first-order valence-electron chi connectivity index (χ1n) is 6.27. The predicted octanol–water partition coefficient (Wildman–Crippen LogP) is 0.674. The number of nitrogens with one attached hydrogen (secondary N) is 1. The van der Waals surface area contributed by atoms with E-state index in [0.717, 1.165) is 5.69 Å². The molecule has 0 fully saturated rings. The van der Waals surface area contributed by atoms with Gasteiger partial charge >= 0.3 is 0 Å². The first-order chi connectivity index (χ1) is 9.58. The fraction of sp³-hybridized carbons (Fsp3) is 0.308. The van der Waals surface area contributed by atoms with Gasteiger partial charge < -0.3 is 16.0 Å². The minimum absolute atomic E-state index is 0.0618. The maximum absolute atomic E-state index is 12.1. The smallest absolute Gasteiger partial charge is 0.255 e. The van der Waals surface area contributed by atoms with Crippen LogP contribution in [0.15, 0.2) is 30.6 Å². The Labute approximate surface area is 117 Å². The number of aromatic nitrogens is 3. The first kappa shape index (κ1) is 13.9. The summed E-state index contributed by atoms with van der Waals surface area (Å²) in [5, 5.41) is 10.8. The Kier molecular flexibility index (Phi) is 4.19. The molecule has 1 amide bonds. The summed E-state index contributed by atoms with van der Waals surface area (Å²) < 4.78 is 1.72. The second-order valence-corrected chi connectivity index (χ2v) is 4.60. The molecule has 0 saturated carbocycles. The number of nitrogens with two attached hydrogens (primary N) is 1. The molecule has 0 bridgehead atoms. The van der Waals surface area contributed by atoms with E-state index in [-0.39, 0.29) is 5.91 Å². The van der Waals surface area contributed by atoms with Crippen LogP contribution in [0.4, 0.5) is 11.4 Å². The monoisotopic (exact) mass is 274 g/mol. The molecular formula is C13H18N6O. The number of carbonyl (C=O) groups is 1. The number of nitrogen functional groups attached to an aromatic ring is 1. The van der Waals surface area contributed by atoms with Gasteiger partial charge in [0.05, 0.1) is 18.3 Å². The summed E-state index contributed by atoms with van der Waals surface area (Å²) in [6, 6.07) is 5.22. The molecule has 0 aliphatic carbocycles. The molecule has 0 atom stereocenters. The van der Waals surface area contributed by atoms with Crippen molar-refractivity contribution in [3.8, 4) is 0 Å². The number of carbonyl (C=O) groups excluding carboxylic acids is 1. The van der Waals surface area contributed by atoms with Crippen LogP contribution in [-0.2, 0) is 6.54 Å². The lowest BCUT2D eigenvalue weighted by Crippen LogP contribution is -2.23. The molecule has 7 heteroatoms. The molecule has 0 spiro atoms. The number of rotatable bonds is 5. The van der Waals surface area contributed by atoms with Crippen molar-refractivity contribution in [2.45, 2.75) is 6.54 Å². The van der Waals surface area contributed by atoms with E-state index in [1.807, 2.05) is 0 Å². The quantitative estimate of drug-likeness (QED) is 0.782. The van der Waals surface area contributed by atoms with Gasteiger partial charge in [0.1, 0.15) is 0 Å². The molecule has 0 aliphatic rings. The fourth-order valence-corrected chi connectivity index (χ4v) is 1.79. The number of amides is 1. The Morgan fingerprint density at radius 2 is 2.25 bits per heavy atom. The van der Waals surface area contributed by atoms with Crippen molar-refractivity contribution in [3.05, 3.63) is 36.2 Å². The molecular weight excluding hydrogens is 256 g/mol. The highest BCUT2D eigenvalue weighted by Gasteiger charge is 2.13. The van der Waals surface area contributed by atoms with Crippen LogP contribution < -0.4 is 11.1 Å². The number of hydrogen-bond acceptors (Lipinski definition) is 5. The van der Waals surface area contributed by atoms with Crippen molar-refractivity contribution >= 4 is 17.3 Å². The third-order valence-corrected chi connectivity index (χ3v) is 2.81. The second-order valence-electron chi connectivity index (χ2n) is 4.60. The lowest BCUT2D eigenvalue weighted by Gasteiger charge is -2.16. The van der Waals surface area contributed by atoms with Gasteiger partial charge in [0.2, 0.25) is 0 Å². The Balaban J connectivity index is 2.09. The summed E-state index contributed by atoms with van der Waals surface area (Å²) in [6.07, 6.45) is 3.41. The Morgan fingerprint density at radius 1 is 1.45 bits per heavy atom. The van der Waals surface area contributed by atoms with E-state index in [1.165, 1.54) is 4.90 Å². The van der Waals surface area contributed by atoms with Crippen LogP contribution in [0.5, 0.6) is 0 Å². The van der Waals surface area contributed by atoms with E-state index in [2.05, 4.69) is 15.6 Å². The highest BCUT2D eigenvalue weighted by molar-refractivity contribution is 5.99. The standard InChI is InChI=1S/C13H18N6O/c1-18(2)13(20)11-4-3-10(14)9-12(11)15-5-7-19-8-6-16-17-19/h3-4,6,8-9,15H,5,7,14H2,1-2H3. The number of hydrogen-bond donors (Lipinski definition) is 2. The molecule has 2 rings (SSSR count). The normalized spacial score (nSPS) is 10.3. The molecule has 7 nitrogen and oxygen atoms in total. The fourth-order valence-electron chi connectivity index (χ4n) is 1.79. The Morgan fingerprint density at radius 3 is 2.90 bits per heavy atom. The number of nitrogens with zero attached hydrogens (tertiary/aromatic N) is 4. The average molecular weight is 274 g/mol. The molecule has 0 saturated heterocycles. The van der Waals surface area contributed by atoms with E-state index in [1.54, 1.807) is 49.4 Å². The zero-order valence-corrected chi connectivity index (χ0v) is 11.6. The van der Waals surface area contributed by atoms with Crippen molar-refractivity contribution in [1.82, 2.24) is 19.9 Å². The lowest BCUT2D eigenvalue weighted by molar-refractivity contribution is 0.0828. The van der Waals surface area contributed by atoms with Crippen molar-refractivity contribution in [2.75, 3.05) is 31.7 Å². The first-order valence-corrected chi connectivity index (χ1v) is 6.27. The van der Waals surface area contributed by atoms with Crippen LogP contribution in [-0.4, -0.2) is 46.4 Å². The van der Waals surface area contributed by atoms with E-state index < -0.39 is 0 Å². The molecule has 0 radical (unpaired) electrons. The number of benzene rings is 1. The third-order valence-electron chi connectivity index (χ3n) is 2.81. The molecule has 1 aromatic heterocycles. The second kappa shape index (κ2) is 6.05. The van der Waals surface area contributed by atoms with Gasteiger partial charge in [0.25, 0.3) is 5.91 Å². The zero-order chi connectivity index (χ0) is 14.5. The Hall–Kier alpha value is -2.57. The van der Waals surface area contributed by atoms with E-state index >= 15 is 0 Å². The Bertz CT molecular complexity index is 579. The highest BCUT2D eigenvalue weighted by atomic mass is 16.2. The van der Waals surface area contributed by atoms with Gasteiger partial charge in [-0.3, -0.25) is 9.48 Å². The molecule has 1 aromatic carbocycles. The van der Waals surface area contributed by atoms with Crippen LogP contribution >= 0.6 is 0 Å². The molecule has 2 aromatic rings. The van der Waals surface area contributed by atoms with E-state index in [0.29, 0.717) is 24.3 Å². The van der Waals surface area contributed by atoms with Gasteiger partial charge in [-0.1, -0.05) is 5.21 Å². The van der Waals surface area contributed by atoms with Gasteiger partial charge in [-0.2, -0.15) is 0 Å². The average Bonchev–Trinajstić information content (AvgIpc) is 2.91. The van der Waals surface area contributed by atoms with Crippen LogP contribution in [0.3, 0.4) is 0 Å². The summed E-state index contributed by atoms with van der Waals surface area (Å²) in [4.78, 5) is 13.6. The zero-order valence-electron chi connectivity index (χ0n) is 11.6. The predicted molar refractivity (Wildman–Crippen MR) is 77.4 cm³/mol. The van der Waals surface area contributed by atoms with Crippen LogP contribution in [0.25, 0.3) is 0 Å². The van der Waals surface area contributed by atoms with Gasteiger partial charge in [0, 0.05) is 38.2 Å². The van der Waals surface area contributed by atoms with Crippen molar-refractivity contribution in [2.24, 2.45) is 0 Å². The summed E-state index contributed by atoms with van der Waals surface area (Å²) in [6.45, 7) is 1.28. The molecule has 106 valence electrons. The van der Waals surface area contributed by atoms with Crippen LogP contribution in [0, 0.1) is 0 Å². The van der Waals surface area contributed by atoms with Gasteiger partial charge in [-0.15, -0.1) is 5.10 Å².